The summed E-state index contributed by atoms with van der Waals surface area (Å²) in [6.07, 6.45) is 0.965. The number of para-hydroxylation sites is 1. The van der Waals surface area contributed by atoms with Crippen molar-refractivity contribution in [3.8, 4) is 5.75 Å². The number of anilines is 5. The lowest BCUT2D eigenvalue weighted by Gasteiger charge is -2.41. The molecule has 3 aromatic rings. The maximum absolute atomic E-state index is 13.5. The smallest absolute Gasteiger partial charge is 0.410 e. The number of amides is 2. The summed E-state index contributed by atoms with van der Waals surface area (Å²) in [4.78, 5) is 41.5. The number of hydrogen-bond acceptors (Lipinski definition) is 9. The van der Waals surface area contributed by atoms with Crippen LogP contribution in [0.15, 0.2) is 42.6 Å². The van der Waals surface area contributed by atoms with Gasteiger partial charge in [-0.3, -0.25) is 9.69 Å². The molecule has 0 aliphatic carbocycles. The second-order valence-corrected chi connectivity index (χ2v) is 12.5. The molecule has 1 aromatic heterocycles. The Morgan fingerprint density at radius 1 is 1.13 bits per heavy atom. The molecule has 2 aromatic carbocycles. The summed E-state index contributed by atoms with van der Waals surface area (Å²) in [5, 5.41) is 3.68. The highest BCUT2D eigenvalue weighted by atomic mass is 35.5. The third-order valence-electron chi connectivity index (χ3n) is 7.19. The van der Waals surface area contributed by atoms with E-state index in [1.807, 2.05) is 11.8 Å². The van der Waals surface area contributed by atoms with E-state index in [1.165, 1.54) is 17.2 Å². The van der Waals surface area contributed by atoms with Gasteiger partial charge in [-0.25, -0.2) is 9.78 Å². The van der Waals surface area contributed by atoms with Crippen LogP contribution in [0.25, 0.3) is 0 Å². The van der Waals surface area contributed by atoms with E-state index in [-0.39, 0.29) is 35.9 Å². The van der Waals surface area contributed by atoms with Gasteiger partial charge in [-0.2, -0.15) is 13.8 Å². The van der Waals surface area contributed by atoms with Gasteiger partial charge in [0.15, 0.2) is 5.75 Å². The first-order valence-corrected chi connectivity index (χ1v) is 14.9. The summed E-state index contributed by atoms with van der Waals surface area (Å²) < 4.78 is 37.4. The highest BCUT2D eigenvalue weighted by Gasteiger charge is 2.34. The van der Waals surface area contributed by atoms with Crippen LogP contribution in [-0.4, -0.2) is 78.5 Å². The lowest BCUT2D eigenvalue weighted by molar-refractivity contribution is -0.0495. The van der Waals surface area contributed by atoms with Gasteiger partial charge in [-0.1, -0.05) is 29.3 Å². The Morgan fingerprint density at radius 3 is 2.49 bits per heavy atom. The number of nitrogens with zero attached hydrogens (tertiary/aromatic N) is 6. The summed E-state index contributed by atoms with van der Waals surface area (Å²) in [5.74, 6) is 0.0930. The normalized spacial score (nSPS) is 17.0. The van der Waals surface area contributed by atoms with E-state index in [1.54, 1.807) is 68.0 Å². The molecule has 1 saturated heterocycles. The van der Waals surface area contributed by atoms with Crippen LogP contribution in [0.1, 0.15) is 38.1 Å². The fraction of sp³-hybridized carbons (Fsp3) is 0.400. The summed E-state index contributed by atoms with van der Waals surface area (Å²) in [5.41, 5.74) is 0.836. The van der Waals surface area contributed by atoms with Crippen molar-refractivity contribution in [2.24, 2.45) is 0 Å². The molecule has 45 heavy (non-hydrogen) atoms. The standard InChI is InChI=1S/C30H33Cl2F2N7O4/c1-17-15-39(11-12-40(17)29(43)45-30(2,3)4)22-10-9-18(13-23(22)44-27(33)34)36-28-35-14-19-25(37-28)38(5)16-41(26(19)42)24-20(31)7-6-8-21(24)32/h6-10,13-14,17,27H,11-12,15-16H2,1-5H3,(H,35,36,37). The number of carbonyl (C=O) groups is 2. The van der Waals surface area contributed by atoms with Gasteiger partial charge in [0.05, 0.1) is 28.1 Å². The number of benzene rings is 2. The first-order chi connectivity index (χ1) is 21.2. The molecule has 0 radical (unpaired) electrons. The Balaban J connectivity index is 1.35. The summed E-state index contributed by atoms with van der Waals surface area (Å²) >= 11 is 12.7. The average molecular weight is 665 g/mol. The quantitative estimate of drug-likeness (QED) is 0.311. The van der Waals surface area contributed by atoms with Crippen molar-refractivity contribution in [2.75, 3.05) is 53.4 Å². The zero-order valence-corrected chi connectivity index (χ0v) is 26.9. The second-order valence-electron chi connectivity index (χ2n) is 11.7. The van der Waals surface area contributed by atoms with Gasteiger partial charge in [0.2, 0.25) is 5.95 Å². The number of carbonyl (C=O) groups excluding carboxylic acids is 2. The molecule has 240 valence electrons. The summed E-state index contributed by atoms with van der Waals surface area (Å²) in [7, 11) is 1.76. The van der Waals surface area contributed by atoms with Crippen LogP contribution >= 0.6 is 23.2 Å². The van der Waals surface area contributed by atoms with Crippen LogP contribution in [-0.2, 0) is 4.74 Å². The number of halogens is 4. The number of alkyl halides is 2. The minimum atomic E-state index is -3.06. The van der Waals surface area contributed by atoms with E-state index in [0.29, 0.717) is 52.6 Å². The van der Waals surface area contributed by atoms with Crippen LogP contribution < -0.4 is 24.8 Å². The van der Waals surface area contributed by atoms with E-state index >= 15 is 0 Å². The maximum atomic E-state index is 13.5. The average Bonchev–Trinajstić information content (AvgIpc) is 2.94. The molecular formula is C30H33Cl2F2N7O4. The molecule has 1 unspecified atom stereocenters. The molecule has 2 aliphatic heterocycles. The predicted molar refractivity (Wildman–Crippen MR) is 170 cm³/mol. The predicted octanol–water partition coefficient (Wildman–Crippen LogP) is 6.63. The molecule has 1 fully saturated rings. The first-order valence-electron chi connectivity index (χ1n) is 14.2. The molecule has 2 aliphatic rings. The lowest BCUT2D eigenvalue weighted by atomic mass is 10.1. The van der Waals surface area contributed by atoms with Crippen molar-refractivity contribution in [1.82, 2.24) is 14.9 Å². The van der Waals surface area contributed by atoms with Gasteiger partial charge in [-0.15, -0.1) is 0 Å². The maximum Gasteiger partial charge on any atom is 0.410 e. The summed E-state index contributed by atoms with van der Waals surface area (Å²) in [6, 6.07) is 9.55. The fourth-order valence-corrected chi connectivity index (χ4v) is 5.83. The molecular weight excluding hydrogens is 631 g/mol. The van der Waals surface area contributed by atoms with Gasteiger partial charge in [0, 0.05) is 50.7 Å². The SMILES string of the molecule is CC1CN(c2ccc(Nc3ncc4c(n3)N(C)CN(c3c(Cl)cccc3Cl)C4=O)cc2OC(F)F)CCN1C(=O)OC(C)(C)C. The van der Waals surface area contributed by atoms with Crippen molar-refractivity contribution >= 4 is 64.0 Å². The molecule has 5 rings (SSSR count). The largest absolute Gasteiger partial charge is 0.444 e. The Morgan fingerprint density at radius 2 is 1.84 bits per heavy atom. The number of aromatic nitrogens is 2. The number of nitrogens with one attached hydrogen (secondary N) is 1. The molecule has 1 N–H and O–H groups in total. The third-order valence-corrected chi connectivity index (χ3v) is 7.80. The lowest BCUT2D eigenvalue weighted by Crippen LogP contribution is -2.55. The fourth-order valence-electron chi connectivity index (χ4n) is 5.22. The van der Waals surface area contributed by atoms with Crippen LogP contribution in [0, 0.1) is 0 Å². The molecule has 0 saturated carbocycles. The Hall–Kier alpha value is -4.10. The number of fused-ring (bicyclic) bond motifs is 1. The highest BCUT2D eigenvalue weighted by molar-refractivity contribution is 6.40. The molecule has 2 amide bonds. The van der Waals surface area contributed by atoms with Gasteiger partial charge >= 0.3 is 12.7 Å². The van der Waals surface area contributed by atoms with Gasteiger partial charge in [0.1, 0.15) is 17.0 Å². The van der Waals surface area contributed by atoms with Crippen LogP contribution in [0.4, 0.5) is 42.4 Å². The second kappa shape index (κ2) is 12.7. The summed E-state index contributed by atoms with van der Waals surface area (Å²) in [6.45, 7) is 5.46. The van der Waals surface area contributed by atoms with E-state index in [9.17, 15) is 18.4 Å². The minimum absolute atomic E-state index is 0.0505. The van der Waals surface area contributed by atoms with E-state index in [4.69, 9.17) is 32.7 Å². The molecule has 15 heteroatoms. The molecule has 0 bridgehead atoms. The Labute approximate surface area is 269 Å². The van der Waals surface area contributed by atoms with E-state index < -0.39 is 18.3 Å². The first kappa shape index (κ1) is 32.3. The van der Waals surface area contributed by atoms with Crippen molar-refractivity contribution < 1.29 is 27.8 Å². The Kier molecular flexibility index (Phi) is 9.13. The van der Waals surface area contributed by atoms with Crippen molar-refractivity contribution in [2.45, 2.75) is 45.9 Å². The van der Waals surface area contributed by atoms with Gasteiger partial charge < -0.3 is 29.5 Å². The highest BCUT2D eigenvalue weighted by Crippen LogP contribution is 2.38. The monoisotopic (exact) mass is 663 g/mol. The number of rotatable bonds is 6. The zero-order chi connectivity index (χ0) is 32.6. The molecule has 1 atom stereocenters. The van der Waals surface area contributed by atoms with Crippen molar-refractivity contribution in [1.29, 1.82) is 0 Å². The van der Waals surface area contributed by atoms with Crippen molar-refractivity contribution in [3.63, 3.8) is 0 Å². The van der Waals surface area contributed by atoms with Crippen LogP contribution in [0.3, 0.4) is 0 Å². The van der Waals surface area contributed by atoms with Crippen LogP contribution in [0.2, 0.25) is 10.0 Å². The van der Waals surface area contributed by atoms with E-state index in [2.05, 4.69) is 15.3 Å². The molecule has 3 heterocycles. The van der Waals surface area contributed by atoms with Gasteiger partial charge in [0.25, 0.3) is 5.91 Å². The van der Waals surface area contributed by atoms with Crippen molar-refractivity contribution in [3.05, 3.63) is 58.2 Å². The number of hydrogen-bond donors (Lipinski definition) is 1. The van der Waals surface area contributed by atoms with Gasteiger partial charge in [-0.05, 0) is 52.0 Å². The Bertz CT molecular complexity index is 1590. The third kappa shape index (κ3) is 7.09. The number of ether oxygens (including phenoxy) is 2. The molecule has 0 spiro atoms. The molecule has 11 nitrogen and oxygen atoms in total. The minimum Gasteiger partial charge on any atom is -0.444 e. The zero-order valence-electron chi connectivity index (χ0n) is 25.4. The van der Waals surface area contributed by atoms with E-state index in [0.717, 1.165) is 0 Å². The number of piperazine rings is 1. The topological polar surface area (TPSA) is 103 Å². The van der Waals surface area contributed by atoms with Crippen LogP contribution in [0.5, 0.6) is 5.75 Å².